The van der Waals surface area contributed by atoms with Gasteiger partial charge in [0.1, 0.15) is 11.4 Å². The Morgan fingerprint density at radius 2 is 1.75 bits per heavy atom. The van der Waals surface area contributed by atoms with Crippen molar-refractivity contribution in [2.24, 2.45) is 17.8 Å². The van der Waals surface area contributed by atoms with Gasteiger partial charge in [-0.15, -0.1) is 0 Å². The van der Waals surface area contributed by atoms with Gasteiger partial charge in [0.25, 0.3) is 0 Å². The van der Waals surface area contributed by atoms with E-state index in [1.165, 1.54) is 56.8 Å². The zero-order valence-electron chi connectivity index (χ0n) is 21.6. The highest BCUT2D eigenvalue weighted by Gasteiger charge is 2.52. The highest BCUT2D eigenvalue weighted by Crippen LogP contribution is 2.62. The summed E-state index contributed by atoms with van der Waals surface area (Å²) in [5.74, 6) is 3.07. The molecule has 4 fully saturated rings. The zero-order valence-corrected chi connectivity index (χ0v) is 21.6. The highest BCUT2D eigenvalue weighted by molar-refractivity contribution is 5.87. The van der Waals surface area contributed by atoms with Gasteiger partial charge in [-0.25, -0.2) is 9.78 Å². The number of aromatic nitrogens is 1. The Bertz CT molecular complexity index is 1070. The van der Waals surface area contributed by atoms with Crippen molar-refractivity contribution in [1.29, 1.82) is 0 Å². The van der Waals surface area contributed by atoms with Crippen molar-refractivity contribution < 1.29 is 23.7 Å². The molecule has 6 rings (SSSR count). The van der Waals surface area contributed by atoms with Crippen molar-refractivity contribution in [3.8, 4) is 5.75 Å². The molecule has 1 aromatic carbocycles. The lowest BCUT2D eigenvalue weighted by Crippen LogP contribution is -2.48. The van der Waals surface area contributed by atoms with Gasteiger partial charge in [0, 0.05) is 18.9 Å². The molecule has 1 heterocycles. The van der Waals surface area contributed by atoms with Gasteiger partial charge in [0.2, 0.25) is 0 Å². The van der Waals surface area contributed by atoms with Crippen LogP contribution in [0.2, 0.25) is 0 Å². The Kier molecular flexibility index (Phi) is 7.44. The molecular formula is C30H37NO5. The molecule has 6 nitrogen and oxygen atoms in total. The molecule has 36 heavy (non-hydrogen) atoms. The van der Waals surface area contributed by atoms with Gasteiger partial charge in [-0.1, -0.05) is 12.1 Å². The molecule has 4 aliphatic carbocycles. The summed E-state index contributed by atoms with van der Waals surface area (Å²) in [5.41, 5.74) is 5.15. The first kappa shape index (κ1) is 25.0. The Balaban J connectivity index is 1.43. The number of nitrogens with zero attached hydrogens (tertiary/aromatic N) is 1. The lowest BCUT2D eigenvalue weighted by molar-refractivity contribution is -0.0189. The summed E-state index contributed by atoms with van der Waals surface area (Å²) in [7, 11) is 3.04. The van der Waals surface area contributed by atoms with Crippen molar-refractivity contribution in [2.45, 2.75) is 50.9 Å². The fourth-order valence-electron chi connectivity index (χ4n) is 7.11. The minimum Gasteiger partial charge on any atom is -0.467 e. The summed E-state index contributed by atoms with van der Waals surface area (Å²) in [6.45, 7) is 3.44. The zero-order chi connectivity index (χ0) is 25.1. The Labute approximate surface area is 214 Å². The molecule has 0 unspecified atom stereocenters. The fourth-order valence-corrected chi connectivity index (χ4v) is 7.11. The first-order chi connectivity index (χ1) is 17.5. The van der Waals surface area contributed by atoms with E-state index in [4.69, 9.17) is 18.9 Å². The molecule has 2 aromatic rings. The SMILES string of the molecule is COCCOCOc1ccc(C(C)=Cc2ccc(C(=O)OC)nc2)cc1C12CC3CC(CC(C3)C1)C2. The van der Waals surface area contributed by atoms with Crippen LogP contribution in [0.1, 0.15) is 72.6 Å². The average molecular weight is 492 g/mol. The van der Waals surface area contributed by atoms with Crippen LogP contribution in [0.3, 0.4) is 0 Å². The average Bonchev–Trinajstić information content (AvgIpc) is 2.88. The summed E-state index contributed by atoms with van der Waals surface area (Å²) in [6, 6.07) is 10.2. The van der Waals surface area contributed by atoms with Crippen LogP contribution in [-0.2, 0) is 19.6 Å². The Hall–Kier alpha value is -2.70. The van der Waals surface area contributed by atoms with Gasteiger partial charge in [0.05, 0.1) is 20.3 Å². The molecule has 4 saturated carbocycles. The quantitative estimate of drug-likeness (QED) is 0.234. The fraction of sp³-hybridized carbons (Fsp3) is 0.533. The lowest BCUT2D eigenvalue weighted by atomic mass is 9.48. The maximum atomic E-state index is 11.7. The number of hydrogen-bond donors (Lipinski definition) is 0. The largest absolute Gasteiger partial charge is 0.467 e. The lowest BCUT2D eigenvalue weighted by Gasteiger charge is -2.57. The molecule has 0 atom stereocenters. The second-order valence-corrected chi connectivity index (χ2v) is 10.9. The molecule has 4 bridgehead atoms. The van der Waals surface area contributed by atoms with E-state index in [-0.39, 0.29) is 12.2 Å². The van der Waals surface area contributed by atoms with Gasteiger partial charge >= 0.3 is 5.97 Å². The van der Waals surface area contributed by atoms with E-state index in [0.717, 1.165) is 34.6 Å². The van der Waals surface area contributed by atoms with Crippen molar-refractivity contribution >= 4 is 17.6 Å². The first-order valence-corrected chi connectivity index (χ1v) is 13.1. The number of hydrogen-bond acceptors (Lipinski definition) is 6. The molecule has 0 radical (unpaired) electrons. The molecule has 0 aliphatic heterocycles. The third-order valence-electron chi connectivity index (χ3n) is 8.34. The molecule has 0 saturated heterocycles. The van der Waals surface area contributed by atoms with Crippen LogP contribution < -0.4 is 4.74 Å². The van der Waals surface area contributed by atoms with Crippen LogP contribution in [0.4, 0.5) is 0 Å². The van der Waals surface area contributed by atoms with E-state index in [0.29, 0.717) is 18.9 Å². The number of rotatable bonds is 10. The van der Waals surface area contributed by atoms with Gasteiger partial charge in [-0.3, -0.25) is 0 Å². The van der Waals surface area contributed by atoms with E-state index in [2.05, 4.69) is 36.2 Å². The number of carbonyl (C=O) groups excluding carboxylic acids is 1. The third-order valence-corrected chi connectivity index (χ3v) is 8.34. The van der Waals surface area contributed by atoms with Crippen LogP contribution in [0, 0.1) is 17.8 Å². The van der Waals surface area contributed by atoms with Gasteiger partial charge < -0.3 is 18.9 Å². The maximum Gasteiger partial charge on any atom is 0.356 e. The smallest absolute Gasteiger partial charge is 0.356 e. The Morgan fingerprint density at radius 3 is 2.36 bits per heavy atom. The van der Waals surface area contributed by atoms with Crippen molar-refractivity contribution in [3.05, 3.63) is 58.9 Å². The summed E-state index contributed by atoms with van der Waals surface area (Å²) in [6.07, 6.45) is 11.8. The van der Waals surface area contributed by atoms with Gasteiger partial charge in [-0.05, 0) is 110 Å². The molecular weight excluding hydrogens is 454 g/mol. The second kappa shape index (κ2) is 10.7. The summed E-state index contributed by atoms with van der Waals surface area (Å²) in [5, 5.41) is 0. The monoisotopic (exact) mass is 491 g/mol. The number of allylic oxidation sites excluding steroid dienone is 1. The van der Waals surface area contributed by atoms with Crippen LogP contribution in [0.25, 0.3) is 11.6 Å². The van der Waals surface area contributed by atoms with Crippen molar-refractivity contribution in [2.75, 3.05) is 34.2 Å². The predicted molar refractivity (Wildman–Crippen MR) is 139 cm³/mol. The molecule has 0 amide bonds. The second-order valence-electron chi connectivity index (χ2n) is 10.9. The minimum atomic E-state index is -0.427. The van der Waals surface area contributed by atoms with E-state index >= 15 is 0 Å². The standard InChI is InChI=1S/C30H37NO5/c1-20(10-21-4-6-27(31-18-21)29(32)34-3)25-5-7-28(36-19-35-9-8-33-2)26(14-25)30-15-22-11-23(16-30)13-24(12-22)17-30/h4-7,10,14,18,22-24H,8-9,11-13,15-17,19H2,1-3H3. The van der Waals surface area contributed by atoms with Gasteiger partial charge in [0.15, 0.2) is 6.79 Å². The van der Waals surface area contributed by atoms with E-state index in [1.807, 2.05) is 6.07 Å². The summed E-state index contributed by atoms with van der Waals surface area (Å²) < 4.78 is 21.7. The first-order valence-electron chi connectivity index (χ1n) is 13.1. The Morgan fingerprint density at radius 1 is 1.03 bits per heavy atom. The number of ether oxygens (including phenoxy) is 4. The molecule has 6 heteroatoms. The van der Waals surface area contributed by atoms with Crippen LogP contribution in [0.5, 0.6) is 5.75 Å². The van der Waals surface area contributed by atoms with Crippen LogP contribution >= 0.6 is 0 Å². The minimum absolute atomic E-state index is 0.205. The highest BCUT2D eigenvalue weighted by atomic mass is 16.7. The normalized spacial score (nSPS) is 26.8. The third kappa shape index (κ3) is 5.21. The predicted octanol–water partition coefficient (Wildman–Crippen LogP) is 5.90. The van der Waals surface area contributed by atoms with E-state index < -0.39 is 5.97 Å². The van der Waals surface area contributed by atoms with Crippen molar-refractivity contribution in [1.82, 2.24) is 4.98 Å². The molecule has 0 N–H and O–H groups in total. The number of carbonyl (C=O) groups is 1. The van der Waals surface area contributed by atoms with Crippen LogP contribution in [-0.4, -0.2) is 45.2 Å². The number of esters is 1. The van der Waals surface area contributed by atoms with Crippen molar-refractivity contribution in [3.63, 3.8) is 0 Å². The molecule has 1 aromatic heterocycles. The van der Waals surface area contributed by atoms with E-state index in [9.17, 15) is 4.79 Å². The molecule has 0 spiro atoms. The number of benzene rings is 1. The maximum absolute atomic E-state index is 11.7. The van der Waals surface area contributed by atoms with E-state index in [1.54, 1.807) is 19.4 Å². The molecule has 192 valence electrons. The summed E-state index contributed by atoms with van der Waals surface area (Å²) >= 11 is 0. The molecule has 4 aliphatic rings. The van der Waals surface area contributed by atoms with Crippen LogP contribution in [0.15, 0.2) is 36.5 Å². The number of pyridine rings is 1. The number of methoxy groups -OCH3 is 2. The topological polar surface area (TPSA) is 66.9 Å². The summed E-state index contributed by atoms with van der Waals surface area (Å²) in [4.78, 5) is 15.9. The van der Waals surface area contributed by atoms with Gasteiger partial charge in [-0.2, -0.15) is 0 Å².